The Morgan fingerprint density at radius 2 is 1.45 bits per heavy atom. The molecule has 1 amide bonds. The molecule has 6 heteroatoms. The van der Waals surface area contributed by atoms with E-state index in [1.54, 1.807) is 43.4 Å². The summed E-state index contributed by atoms with van der Waals surface area (Å²) in [5.41, 5.74) is 4.58. The number of carbonyl (C=O) groups is 2. The molecule has 1 atom stereocenters. The van der Waals surface area contributed by atoms with Crippen LogP contribution in [0.15, 0.2) is 95.4 Å². The van der Waals surface area contributed by atoms with Gasteiger partial charge in [-0.2, -0.15) is 0 Å². The predicted molar refractivity (Wildman–Crippen MR) is 144 cm³/mol. The Balaban J connectivity index is 1.49. The molecule has 0 bridgehead atoms. The Kier molecular flexibility index (Phi) is 6.88. The van der Waals surface area contributed by atoms with Gasteiger partial charge in [0, 0.05) is 30.0 Å². The number of amides is 1. The van der Waals surface area contributed by atoms with Gasteiger partial charge in [0.1, 0.15) is 23.0 Å². The summed E-state index contributed by atoms with van der Waals surface area (Å²) in [6.45, 7) is 1.95. The molecule has 0 fully saturated rings. The first kappa shape index (κ1) is 25.1. The molecule has 0 radical (unpaired) electrons. The van der Waals surface area contributed by atoms with Crippen molar-refractivity contribution in [1.82, 2.24) is 5.32 Å². The third-order valence-electron chi connectivity index (χ3n) is 6.70. The van der Waals surface area contributed by atoms with Gasteiger partial charge in [-0.3, -0.25) is 9.59 Å². The van der Waals surface area contributed by atoms with E-state index in [1.165, 1.54) is 24.3 Å². The molecule has 5 aromatic rings. The van der Waals surface area contributed by atoms with Crippen LogP contribution in [0.4, 0.5) is 8.78 Å². The highest BCUT2D eigenvalue weighted by Crippen LogP contribution is 2.36. The molecule has 5 rings (SSSR count). The SMILES string of the molecule is CNC(=O)c1c(-c2ccc(F)cc2)oc2ccc(-c3cccc(C(=O)C[C@H](C)c4ccc(F)cc4)c3)cc12. The number of ketones is 1. The van der Waals surface area contributed by atoms with Gasteiger partial charge < -0.3 is 9.73 Å². The van der Waals surface area contributed by atoms with Crippen molar-refractivity contribution < 1.29 is 22.8 Å². The fraction of sp³-hybridized carbons (Fsp3) is 0.125. The van der Waals surface area contributed by atoms with Crippen LogP contribution in [0.3, 0.4) is 0 Å². The Bertz CT molecular complexity index is 1640. The second kappa shape index (κ2) is 10.4. The number of hydrogen-bond acceptors (Lipinski definition) is 3. The van der Waals surface area contributed by atoms with Crippen molar-refractivity contribution in [2.24, 2.45) is 0 Å². The van der Waals surface area contributed by atoms with Crippen LogP contribution in [-0.2, 0) is 0 Å². The molecular weight excluding hydrogens is 484 g/mol. The summed E-state index contributed by atoms with van der Waals surface area (Å²) in [5, 5.41) is 3.27. The Hall–Kier alpha value is -4.58. The van der Waals surface area contributed by atoms with E-state index >= 15 is 0 Å². The molecule has 0 aliphatic carbocycles. The fourth-order valence-corrected chi connectivity index (χ4v) is 4.61. The molecule has 0 unspecified atom stereocenters. The van der Waals surface area contributed by atoms with Crippen molar-refractivity contribution >= 4 is 22.7 Å². The molecule has 1 heterocycles. The number of halogens is 2. The summed E-state index contributed by atoms with van der Waals surface area (Å²) in [6, 6.07) is 24.9. The first-order chi connectivity index (χ1) is 18.3. The van der Waals surface area contributed by atoms with Crippen LogP contribution >= 0.6 is 0 Å². The zero-order valence-electron chi connectivity index (χ0n) is 20.9. The second-order valence-electron chi connectivity index (χ2n) is 9.26. The number of rotatable bonds is 7. The van der Waals surface area contributed by atoms with E-state index in [0.717, 1.165) is 16.7 Å². The fourth-order valence-electron chi connectivity index (χ4n) is 4.61. The zero-order chi connectivity index (χ0) is 26.8. The number of nitrogens with one attached hydrogen (secondary N) is 1. The van der Waals surface area contributed by atoms with Gasteiger partial charge in [-0.15, -0.1) is 0 Å². The first-order valence-electron chi connectivity index (χ1n) is 12.3. The number of fused-ring (bicyclic) bond motifs is 1. The lowest BCUT2D eigenvalue weighted by Gasteiger charge is -2.12. The van der Waals surface area contributed by atoms with Crippen LogP contribution in [0.2, 0.25) is 0 Å². The van der Waals surface area contributed by atoms with Crippen LogP contribution in [0.25, 0.3) is 33.4 Å². The van der Waals surface area contributed by atoms with Crippen LogP contribution < -0.4 is 5.32 Å². The Morgan fingerprint density at radius 3 is 2.13 bits per heavy atom. The lowest BCUT2D eigenvalue weighted by molar-refractivity contribution is 0.0960. The largest absolute Gasteiger partial charge is 0.455 e. The molecule has 0 aliphatic rings. The number of benzene rings is 4. The van der Waals surface area contributed by atoms with Gasteiger partial charge >= 0.3 is 0 Å². The number of Topliss-reactive ketones (excluding diaryl/α,β-unsaturated/α-hetero) is 1. The average molecular weight is 510 g/mol. The summed E-state index contributed by atoms with van der Waals surface area (Å²) >= 11 is 0. The number of furan rings is 1. The standard InChI is InChI=1S/C32H25F2NO3/c1-19(20-6-11-25(33)12-7-20)16-28(36)24-5-3-4-22(17-24)23-10-15-29-27(18-23)30(32(37)35-2)31(38-29)21-8-13-26(34)14-9-21/h3-15,17-19H,16H2,1-2H3,(H,35,37)/t19-/m0/s1. The van der Waals surface area contributed by atoms with Crippen LogP contribution in [0, 0.1) is 11.6 Å². The van der Waals surface area contributed by atoms with Crippen LogP contribution in [-0.4, -0.2) is 18.7 Å². The lowest BCUT2D eigenvalue weighted by Crippen LogP contribution is -2.18. The quantitative estimate of drug-likeness (QED) is 0.228. The van der Waals surface area contributed by atoms with E-state index in [4.69, 9.17) is 4.42 Å². The Labute approximate surface area is 218 Å². The molecule has 0 saturated heterocycles. The van der Waals surface area contributed by atoms with Crippen molar-refractivity contribution in [3.63, 3.8) is 0 Å². The summed E-state index contributed by atoms with van der Waals surface area (Å²) in [5.74, 6) is -0.727. The first-order valence-corrected chi connectivity index (χ1v) is 12.3. The van der Waals surface area contributed by atoms with Gasteiger partial charge in [-0.1, -0.05) is 43.3 Å². The smallest absolute Gasteiger partial charge is 0.255 e. The molecule has 1 N–H and O–H groups in total. The highest BCUT2D eigenvalue weighted by atomic mass is 19.1. The zero-order valence-corrected chi connectivity index (χ0v) is 20.9. The topological polar surface area (TPSA) is 59.3 Å². The maximum Gasteiger partial charge on any atom is 0.255 e. The number of carbonyl (C=O) groups excluding carboxylic acids is 2. The molecule has 0 saturated carbocycles. The van der Waals surface area contributed by atoms with Gasteiger partial charge in [-0.05, 0) is 77.2 Å². The van der Waals surface area contributed by atoms with Crippen molar-refractivity contribution in [2.75, 3.05) is 7.05 Å². The van der Waals surface area contributed by atoms with E-state index in [2.05, 4.69) is 5.32 Å². The minimum Gasteiger partial charge on any atom is -0.455 e. The van der Waals surface area contributed by atoms with Gasteiger partial charge in [0.05, 0.1) is 5.56 Å². The summed E-state index contributed by atoms with van der Waals surface area (Å²) < 4.78 is 32.8. The van der Waals surface area contributed by atoms with E-state index in [1.807, 2.05) is 37.3 Å². The third kappa shape index (κ3) is 4.98. The molecule has 4 aromatic carbocycles. The molecule has 4 nitrogen and oxygen atoms in total. The van der Waals surface area contributed by atoms with Crippen LogP contribution in [0.1, 0.15) is 45.5 Å². The molecule has 38 heavy (non-hydrogen) atoms. The molecule has 1 aromatic heterocycles. The van der Waals surface area contributed by atoms with E-state index in [0.29, 0.717) is 33.4 Å². The van der Waals surface area contributed by atoms with Crippen molar-refractivity contribution in [3.8, 4) is 22.5 Å². The highest BCUT2D eigenvalue weighted by Gasteiger charge is 2.22. The Morgan fingerprint density at radius 1 is 0.816 bits per heavy atom. The van der Waals surface area contributed by atoms with E-state index < -0.39 is 0 Å². The maximum atomic E-state index is 13.5. The van der Waals surface area contributed by atoms with Crippen molar-refractivity contribution in [3.05, 3.63) is 119 Å². The minimum atomic E-state index is -0.380. The van der Waals surface area contributed by atoms with E-state index in [-0.39, 0.29) is 35.7 Å². The molecule has 0 spiro atoms. The average Bonchev–Trinajstić information content (AvgIpc) is 3.32. The number of hydrogen-bond donors (Lipinski definition) is 1. The predicted octanol–water partition coefficient (Wildman–Crippen LogP) is 7.78. The van der Waals surface area contributed by atoms with Crippen molar-refractivity contribution in [1.29, 1.82) is 0 Å². The van der Waals surface area contributed by atoms with Gasteiger partial charge in [0.25, 0.3) is 5.91 Å². The maximum absolute atomic E-state index is 13.5. The van der Waals surface area contributed by atoms with Crippen LogP contribution in [0.5, 0.6) is 0 Å². The monoisotopic (exact) mass is 509 g/mol. The van der Waals surface area contributed by atoms with E-state index in [9.17, 15) is 18.4 Å². The van der Waals surface area contributed by atoms with Gasteiger partial charge in [-0.25, -0.2) is 8.78 Å². The third-order valence-corrected chi connectivity index (χ3v) is 6.70. The summed E-state index contributed by atoms with van der Waals surface area (Å²) in [4.78, 5) is 26.0. The molecule has 0 aliphatic heterocycles. The minimum absolute atomic E-state index is 0.0160. The van der Waals surface area contributed by atoms with Gasteiger partial charge in [0.2, 0.25) is 0 Å². The summed E-state index contributed by atoms with van der Waals surface area (Å²) in [7, 11) is 1.54. The summed E-state index contributed by atoms with van der Waals surface area (Å²) in [6.07, 6.45) is 0.289. The molecule has 190 valence electrons. The van der Waals surface area contributed by atoms with Gasteiger partial charge in [0.15, 0.2) is 5.78 Å². The lowest BCUT2D eigenvalue weighted by atomic mass is 9.92. The second-order valence-corrected chi connectivity index (χ2v) is 9.26. The normalized spacial score (nSPS) is 11.9. The highest BCUT2D eigenvalue weighted by molar-refractivity contribution is 6.12. The molecular formula is C32H25F2NO3. The van der Waals surface area contributed by atoms with Crippen molar-refractivity contribution in [2.45, 2.75) is 19.3 Å².